The smallest absolute Gasteiger partial charge is 0.123 e. The lowest BCUT2D eigenvalue weighted by Gasteiger charge is -2.43. The number of rotatable bonds is 5. The predicted octanol–water partition coefficient (Wildman–Crippen LogP) is 2.71. The lowest BCUT2D eigenvalue weighted by atomic mass is 9.94. The number of nitrogens with zero attached hydrogens (tertiary/aromatic N) is 1. The normalized spacial score (nSPS) is 23.5. The molecule has 1 fully saturated rings. The van der Waals surface area contributed by atoms with Crippen molar-refractivity contribution in [2.24, 2.45) is 5.73 Å². The van der Waals surface area contributed by atoms with Crippen molar-refractivity contribution in [2.45, 2.75) is 44.8 Å². The van der Waals surface area contributed by atoms with Crippen molar-refractivity contribution in [3.05, 3.63) is 35.6 Å². The molecular weight excluding hydrogens is 255 g/mol. The maximum atomic E-state index is 13.2. The number of halogens is 1. The Balaban J connectivity index is 2.28. The third-order valence-electron chi connectivity index (χ3n) is 4.19. The summed E-state index contributed by atoms with van der Waals surface area (Å²) >= 11 is 0. The molecule has 1 saturated heterocycles. The van der Waals surface area contributed by atoms with Crippen LogP contribution in [-0.4, -0.2) is 36.7 Å². The molecule has 0 spiro atoms. The second-order valence-corrected chi connectivity index (χ2v) is 5.44. The van der Waals surface area contributed by atoms with Crippen molar-refractivity contribution in [3.63, 3.8) is 0 Å². The minimum absolute atomic E-state index is 0.0487. The van der Waals surface area contributed by atoms with Crippen molar-refractivity contribution in [1.29, 1.82) is 0 Å². The summed E-state index contributed by atoms with van der Waals surface area (Å²) in [4.78, 5) is 2.44. The van der Waals surface area contributed by atoms with Gasteiger partial charge in [0.15, 0.2) is 0 Å². The molecule has 1 heterocycles. The highest BCUT2D eigenvalue weighted by Crippen LogP contribution is 2.29. The molecular formula is C16H25FN2O. The molecule has 3 unspecified atom stereocenters. The van der Waals surface area contributed by atoms with E-state index in [4.69, 9.17) is 10.5 Å². The second-order valence-electron chi connectivity index (χ2n) is 5.44. The monoisotopic (exact) mass is 280 g/mol. The summed E-state index contributed by atoms with van der Waals surface area (Å²) in [5.74, 6) is -0.202. The van der Waals surface area contributed by atoms with Gasteiger partial charge in [-0.2, -0.15) is 0 Å². The molecule has 2 N–H and O–H groups in total. The van der Waals surface area contributed by atoms with Crippen LogP contribution in [-0.2, 0) is 4.74 Å². The summed E-state index contributed by atoms with van der Waals surface area (Å²) in [5, 5.41) is 0. The van der Waals surface area contributed by atoms with E-state index in [1.165, 1.54) is 12.1 Å². The zero-order valence-corrected chi connectivity index (χ0v) is 12.4. The molecule has 4 heteroatoms. The Bertz CT molecular complexity index is 409. The zero-order valence-electron chi connectivity index (χ0n) is 12.4. The fraction of sp³-hybridized carbons (Fsp3) is 0.625. The first-order valence-electron chi connectivity index (χ1n) is 7.51. The van der Waals surface area contributed by atoms with Gasteiger partial charge in [-0.15, -0.1) is 0 Å². The lowest BCUT2D eigenvalue weighted by Crippen LogP contribution is -2.51. The fourth-order valence-corrected chi connectivity index (χ4v) is 2.95. The van der Waals surface area contributed by atoms with Crippen molar-refractivity contribution in [2.75, 3.05) is 19.8 Å². The molecule has 3 nitrogen and oxygen atoms in total. The zero-order chi connectivity index (χ0) is 14.5. The van der Waals surface area contributed by atoms with Crippen LogP contribution in [0.1, 0.15) is 38.3 Å². The van der Waals surface area contributed by atoms with E-state index >= 15 is 0 Å². The molecule has 0 bridgehead atoms. The number of nitrogens with two attached hydrogens (primary N) is 1. The van der Waals surface area contributed by atoms with E-state index in [2.05, 4.69) is 18.7 Å². The van der Waals surface area contributed by atoms with E-state index in [1.54, 1.807) is 0 Å². The van der Waals surface area contributed by atoms with Gasteiger partial charge in [0.05, 0.1) is 19.3 Å². The van der Waals surface area contributed by atoms with Gasteiger partial charge in [-0.05, 0) is 30.5 Å². The van der Waals surface area contributed by atoms with Crippen LogP contribution in [0.5, 0.6) is 0 Å². The molecule has 0 aromatic heterocycles. The van der Waals surface area contributed by atoms with Crippen molar-refractivity contribution >= 4 is 0 Å². The van der Waals surface area contributed by atoms with Crippen LogP contribution in [0.25, 0.3) is 0 Å². The average Bonchev–Trinajstić information content (AvgIpc) is 2.49. The number of ether oxygens (including phenoxy) is 1. The molecule has 1 aliphatic rings. The third kappa shape index (κ3) is 3.37. The Labute approximate surface area is 120 Å². The van der Waals surface area contributed by atoms with E-state index in [-0.39, 0.29) is 17.9 Å². The van der Waals surface area contributed by atoms with Crippen molar-refractivity contribution < 1.29 is 9.13 Å². The largest absolute Gasteiger partial charge is 0.378 e. The summed E-state index contributed by atoms with van der Waals surface area (Å²) < 4.78 is 18.7. The standard InChI is InChI=1S/C16H25FN2O/c1-3-14-11-20-10-9-19(14)16(15(18)4-2)12-5-7-13(17)8-6-12/h5-8,14-16H,3-4,9-11,18H2,1-2H3. The fourth-order valence-electron chi connectivity index (χ4n) is 2.95. The van der Waals surface area contributed by atoms with Crippen molar-refractivity contribution in [1.82, 2.24) is 4.90 Å². The van der Waals surface area contributed by atoms with Gasteiger partial charge in [0, 0.05) is 18.6 Å². The van der Waals surface area contributed by atoms with E-state index in [0.29, 0.717) is 6.04 Å². The van der Waals surface area contributed by atoms with Gasteiger partial charge >= 0.3 is 0 Å². The summed E-state index contributed by atoms with van der Waals surface area (Å²) in [6, 6.07) is 7.33. The predicted molar refractivity (Wildman–Crippen MR) is 79.0 cm³/mol. The molecule has 3 atom stereocenters. The number of benzene rings is 1. The van der Waals surface area contributed by atoms with Gasteiger partial charge in [0.2, 0.25) is 0 Å². The van der Waals surface area contributed by atoms with Crippen LogP contribution in [0.15, 0.2) is 24.3 Å². The third-order valence-corrected chi connectivity index (χ3v) is 4.19. The van der Waals surface area contributed by atoms with Gasteiger partial charge in [-0.1, -0.05) is 26.0 Å². The van der Waals surface area contributed by atoms with Gasteiger partial charge in [0.25, 0.3) is 0 Å². The molecule has 1 aromatic rings. The van der Waals surface area contributed by atoms with Crippen LogP contribution in [0.3, 0.4) is 0 Å². The minimum atomic E-state index is -0.202. The lowest BCUT2D eigenvalue weighted by molar-refractivity contribution is -0.0362. The molecule has 0 aliphatic carbocycles. The molecule has 20 heavy (non-hydrogen) atoms. The number of hydrogen-bond donors (Lipinski definition) is 1. The Kier molecular flexibility index (Phi) is 5.52. The first-order chi connectivity index (χ1) is 9.67. The SMILES string of the molecule is CCC(N)C(c1ccc(F)cc1)N1CCOCC1CC. The Morgan fingerprint density at radius 1 is 1.35 bits per heavy atom. The Hall–Kier alpha value is -0.970. The van der Waals surface area contributed by atoms with Gasteiger partial charge in [-0.25, -0.2) is 4.39 Å². The molecule has 1 aliphatic heterocycles. The van der Waals surface area contributed by atoms with Gasteiger partial charge in [-0.3, -0.25) is 4.90 Å². The first-order valence-corrected chi connectivity index (χ1v) is 7.51. The van der Waals surface area contributed by atoms with Crippen LogP contribution in [0.4, 0.5) is 4.39 Å². The number of morpholine rings is 1. The molecule has 0 amide bonds. The topological polar surface area (TPSA) is 38.5 Å². The number of hydrogen-bond acceptors (Lipinski definition) is 3. The Morgan fingerprint density at radius 2 is 2.05 bits per heavy atom. The molecule has 0 radical (unpaired) electrons. The van der Waals surface area contributed by atoms with Crippen LogP contribution in [0, 0.1) is 5.82 Å². The second kappa shape index (κ2) is 7.16. The summed E-state index contributed by atoms with van der Waals surface area (Å²) in [6.45, 7) is 6.65. The van der Waals surface area contributed by atoms with Crippen molar-refractivity contribution in [3.8, 4) is 0 Å². The molecule has 2 rings (SSSR count). The van der Waals surface area contributed by atoms with E-state index < -0.39 is 0 Å². The molecule has 1 aromatic carbocycles. The first kappa shape index (κ1) is 15.4. The summed E-state index contributed by atoms with van der Waals surface area (Å²) in [5.41, 5.74) is 7.46. The van der Waals surface area contributed by atoms with Gasteiger partial charge < -0.3 is 10.5 Å². The van der Waals surface area contributed by atoms with E-state index in [0.717, 1.165) is 38.2 Å². The average molecular weight is 280 g/mol. The van der Waals surface area contributed by atoms with Crippen LogP contribution in [0.2, 0.25) is 0 Å². The van der Waals surface area contributed by atoms with Crippen LogP contribution < -0.4 is 5.73 Å². The molecule has 0 saturated carbocycles. The summed E-state index contributed by atoms with van der Waals surface area (Å²) in [6.07, 6.45) is 1.93. The quantitative estimate of drug-likeness (QED) is 0.901. The maximum Gasteiger partial charge on any atom is 0.123 e. The van der Waals surface area contributed by atoms with Gasteiger partial charge in [0.1, 0.15) is 5.82 Å². The summed E-state index contributed by atoms with van der Waals surface area (Å²) in [7, 11) is 0. The highest BCUT2D eigenvalue weighted by Gasteiger charge is 2.32. The van der Waals surface area contributed by atoms with E-state index in [1.807, 2.05) is 12.1 Å². The molecule has 112 valence electrons. The van der Waals surface area contributed by atoms with Crippen LogP contribution >= 0.6 is 0 Å². The van der Waals surface area contributed by atoms with E-state index in [9.17, 15) is 4.39 Å². The highest BCUT2D eigenvalue weighted by atomic mass is 19.1. The minimum Gasteiger partial charge on any atom is -0.378 e. The Morgan fingerprint density at radius 3 is 2.65 bits per heavy atom. The maximum absolute atomic E-state index is 13.2. The highest BCUT2D eigenvalue weighted by molar-refractivity contribution is 5.22.